The summed E-state index contributed by atoms with van der Waals surface area (Å²) in [4.78, 5) is 11.6. The van der Waals surface area contributed by atoms with Crippen LogP contribution in [0.25, 0.3) is 0 Å². The van der Waals surface area contributed by atoms with Gasteiger partial charge in [-0.25, -0.2) is 4.68 Å². The SMILES string of the molecule is CCCC(C)(O)CNc1cnn(C)c(=O)c1Br. The van der Waals surface area contributed by atoms with Gasteiger partial charge < -0.3 is 10.4 Å². The van der Waals surface area contributed by atoms with E-state index in [1.165, 1.54) is 4.68 Å². The van der Waals surface area contributed by atoms with Crippen molar-refractivity contribution in [1.82, 2.24) is 9.78 Å². The third kappa shape index (κ3) is 3.81. The number of hydrogen-bond donors (Lipinski definition) is 2. The largest absolute Gasteiger partial charge is 0.388 e. The number of aryl methyl sites for hydroxylation is 1. The van der Waals surface area contributed by atoms with Crippen molar-refractivity contribution in [3.63, 3.8) is 0 Å². The second-order valence-electron chi connectivity index (χ2n) is 4.40. The van der Waals surface area contributed by atoms with Gasteiger partial charge in [-0.3, -0.25) is 4.79 Å². The van der Waals surface area contributed by atoms with Crippen LogP contribution < -0.4 is 10.9 Å². The standard InChI is InChI=1S/C11H18BrN3O2/c1-4-5-11(2,17)7-13-8-6-14-15(3)10(16)9(8)12/h6,13,17H,4-5,7H2,1-3H3. The first-order chi connectivity index (χ1) is 7.87. The smallest absolute Gasteiger partial charge is 0.282 e. The third-order valence-corrected chi connectivity index (χ3v) is 3.29. The normalized spacial score (nSPS) is 14.4. The van der Waals surface area contributed by atoms with E-state index in [0.717, 1.165) is 6.42 Å². The zero-order valence-corrected chi connectivity index (χ0v) is 11.9. The summed E-state index contributed by atoms with van der Waals surface area (Å²) >= 11 is 3.22. The average Bonchev–Trinajstić information content (AvgIpc) is 2.25. The molecule has 1 rings (SSSR count). The van der Waals surface area contributed by atoms with Crippen molar-refractivity contribution < 1.29 is 5.11 Å². The van der Waals surface area contributed by atoms with Crippen LogP contribution in [-0.4, -0.2) is 27.0 Å². The summed E-state index contributed by atoms with van der Waals surface area (Å²) in [6, 6.07) is 0. The maximum absolute atomic E-state index is 11.6. The lowest BCUT2D eigenvalue weighted by atomic mass is 10.0. The first-order valence-corrected chi connectivity index (χ1v) is 6.35. The van der Waals surface area contributed by atoms with Crippen LogP contribution in [0.5, 0.6) is 0 Å². The minimum atomic E-state index is -0.782. The molecule has 0 aliphatic heterocycles. The fourth-order valence-electron chi connectivity index (χ4n) is 1.55. The Balaban J connectivity index is 2.77. The lowest BCUT2D eigenvalue weighted by molar-refractivity contribution is 0.0636. The van der Waals surface area contributed by atoms with E-state index in [4.69, 9.17) is 0 Å². The Bertz CT molecular complexity index is 443. The molecule has 0 saturated carbocycles. The first kappa shape index (κ1) is 14.2. The van der Waals surface area contributed by atoms with Crippen LogP contribution >= 0.6 is 15.9 Å². The van der Waals surface area contributed by atoms with Gasteiger partial charge >= 0.3 is 0 Å². The van der Waals surface area contributed by atoms with Crippen LogP contribution in [0.15, 0.2) is 15.5 Å². The van der Waals surface area contributed by atoms with E-state index in [1.54, 1.807) is 20.2 Å². The molecule has 1 aromatic rings. The lowest BCUT2D eigenvalue weighted by Crippen LogP contribution is -2.34. The number of halogens is 1. The highest BCUT2D eigenvalue weighted by Crippen LogP contribution is 2.18. The molecule has 0 amide bonds. The minimum absolute atomic E-state index is 0.204. The van der Waals surface area contributed by atoms with Gasteiger partial charge in [0.2, 0.25) is 0 Å². The summed E-state index contributed by atoms with van der Waals surface area (Å²) < 4.78 is 1.68. The van der Waals surface area contributed by atoms with Crippen LogP contribution in [0, 0.1) is 0 Å². The van der Waals surface area contributed by atoms with Crippen molar-refractivity contribution in [3.05, 3.63) is 21.0 Å². The molecule has 1 heterocycles. The van der Waals surface area contributed by atoms with Gasteiger partial charge in [0.25, 0.3) is 5.56 Å². The summed E-state index contributed by atoms with van der Waals surface area (Å²) in [5.41, 5.74) is -0.385. The molecular weight excluding hydrogens is 286 g/mol. The molecule has 0 spiro atoms. The summed E-state index contributed by atoms with van der Waals surface area (Å²) in [7, 11) is 1.59. The maximum Gasteiger partial charge on any atom is 0.282 e. The monoisotopic (exact) mass is 303 g/mol. The van der Waals surface area contributed by atoms with Crippen LogP contribution in [0.4, 0.5) is 5.69 Å². The Morgan fingerprint density at radius 3 is 2.88 bits per heavy atom. The molecule has 1 atom stereocenters. The van der Waals surface area contributed by atoms with Crippen molar-refractivity contribution in [2.45, 2.75) is 32.3 Å². The molecule has 0 aromatic carbocycles. The number of aliphatic hydroxyl groups is 1. The molecule has 0 fully saturated rings. The molecule has 0 aliphatic rings. The molecule has 2 N–H and O–H groups in total. The molecule has 0 bridgehead atoms. The molecule has 17 heavy (non-hydrogen) atoms. The molecule has 0 radical (unpaired) electrons. The van der Waals surface area contributed by atoms with Crippen molar-refractivity contribution in [3.8, 4) is 0 Å². The van der Waals surface area contributed by atoms with Gasteiger partial charge in [-0.1, -0.05) is 13.3 Å². The quantitative estimate of drug-likeness (QED) is 0.865. The predicted molar refractivity (Wildman–Crippen MR) is 71.2 cm³/mol. The Morgan fingerprint density at radius 1 is 1.65 bits per heavy atom. The average molecular weight is 304 g/mol. The van der Waals surface area contributed by atoms with Crippen LogP contribution in [0.2, 0.25) is 0 Å². The van der Waals surface area contributed by atoms with E-state index in [2.05, 4.69) is 26.3 Å². The number of aromatic nitrogens is 2. The van der Waals surface area contributed by atoms with E-state index in [9.17, 15) is 9.90 Å². The molecule has 0 saturated heterocycles. The zero-order chi connectivity index (χ0) is 13.1. The molecule has 96 valence electrons. The Hall–Kier alpha value is -0.880. The number of anilines is 1. The third-order valence-electron chi connectivity index (χ3n) is 2.53. The number of nitrogens with one attached hydrogen (secondary N) is 1. The van der Waals surface area contributed by atoms with Crippen LogP contribution in [-0.2, 0) is 7.05 Å². The highest BCUT2D eigenvalue weighted by atomic mass is 79.9. The first-order valence-electron chi connectivity index (χ1n) is 5.55. The van der Waals surface area contributed by atoms with Crippen LogP contribution in [0.3, 0.4) is 0 Å². The fraction of sp³-hybridized carbons (Fsp3) is 0.636. The van der Waals surface area contributed by atoms with Gasteiger partial charge in [0.1, 0.15) is 4.47 Å². The van der Waals surface area contributed by atoms with Crippen LogP contribution in [0.1, 0.15) is 26.7 Å². The van der Waals surface area contributed by atoms with Gasteiger partial charge in [-0.2, -0.15) is 5.10 Å². The van der Waals surface area contributed by atoms with Gasteiger partial charge in [-0.05, 0) is 29.3 Å². The summed E-state index contributed by atoms with van der Waals surface area (Å²) in [5.74, 6) is 0. The zero-order valence-electron chi connectivity index (χ0n) is 10.3. The van der Waals surface area contributed by atoms with Gasteiger partial charge in [0, 0.05) is 13.6 Å². The van der Waals surface area contributed by atoms with E-state index >= 15 is 0 Å². The lowest BCUT2D eigenvalue weighted by Gasteiger charge is -2.23. The van der Waals surface area contributed by atoms with E-state index < -0.39 is 5.60 Å². The molecule has 1 aromatic heterocycles. The van der Waals surface area contributed by atoms with E-state index in [0.29, 0.717) is 23.1 Å². The summed E-state index contributed by atoms with van der Waals surface area (Å²) in [6.07, 6.45) is 3.17. The number of rotatable bonds is 5. The second kappa shape index (κ2) is 5.64. The molecular formula is C11H18BrN3O2. The highest BCUT2D eigenvalue weighted by molar-refractivity contribution is 9.10. The summed E-state index contributed by atoms with van der Waals surface area (Å²) in [6.45, 7) is 4.17. The fourth-order valence-corrected chi connectivity index (χ4v) is 2.05. The highest BCUT2D eigenvalue weighted by Gasteiger charge is 2.19. The van der Waals surface area contributed by atoms with Gasteiger partial charge in [0.05, 0.1) is 17.5 Å². The number of hydrogen-bond acceptors (Lipinski definition) is 4. The van der Waals surface area contributed by atoms with Crippen molar-refractivity contribution in [2.75, 3.05) is 11.9 Å². The minimum Gasteiger partial charge on any atom is -0.388 e. The van der Waals surface area contributed by atoms with Crippen molar-refractivity contribution in [1.29, 1.82) is 0 Å². The number of nitrogens with zero attached hydrogens (tertiary/aromatic N) is 2. The van der Waals surface area contributed by atoms with Gasteiger partial charge in [0.15, 0.2) is 0 Å². The van der Waals surface area contributed by atoms with Crippen molar-refractivity contribution >= 4 is 21.6 Å². The Kier molecular flexibility index (Phi) is 4.70. The summed E-state index contributed by atoms with van der Waals surface area (Å²) in [5, 5.41) is 17.0. The Labute approximate surface area is 109 Å². The van der Waals surface area contributed by atoms with E-state index in [1.807, 2.05) is 6.92 Å². The Morgan fingerprint density at radius 2 is 2.29 bits per heavy atom. The second-order valence-corrected chi connectivity index (χ2v) is 5.19. The topological polar surface area (TPSA) is 67.2 Å². The molecule has 1 unspecified atom stereocenters. The van der Waals surface area contributed by atoms with Crippen molar-refractivity contribution in [2.24, 2.45) is 7.05 Å². The van der Waals surface area contributed by atoms with E-state index in [-0.39, 0.29) is 5.56 Å². The molecule has 5 nitrogen and oxygen atoms in total. The van der Waals surface area contributed by atoms with Gasteiger partial charge in [-0.15, -0.1) is 0 Å². The maximum atomic E-state index is 11.6. The molecule has 0 aliphatic carbocycles. The predicted octanol–water partition coefficient (Wildman–Crippen LogP) is 1.51. The molecule has 6 heteroatoms.